The molecule has 0 amide bonds. The second-order valence-electron chi connectivity index (χ2n) is 5.11. The molecular weight excluding hydrogens is 252 g/mol. The fraction of sp³-hybridized carbons (Fsp3) is 0.312. The van der Waals surface area contributed by atoms with E-state index in [2.05, 4.69) is 53.1 Å². The lowest BCUT2D eigenvalue weighted by molar-refractivity contribution is 0.634. The van der Waals surface area contributed by atoms with Crippen LogP contribution < -0.4 is 10.6 Å². The minimum Gasteiger partial charge on any atom is -0.360 e. The van der Waals surface area contributed by atoms with Gasteiger partial charge in [-0.05, 0) is 36.5 Å². The van der Waals surface area contributed by atoms with Gasteiger partial charge in [-0.25, -0.2) is 0 Å². The summed E-state index contributed by atoms with van der Waals surface area (Å²) < 4.78 is 0. The van der Waals surface area contributed by atoms with E-state index in [1.165, 1.54) is 36.5 Å². The fourth-order valence-corrected chi connectivity index (χ4v) is 3.02. The summed E-state index contributed by atoms with van der Waals surface area (Å²) in [6.07, 6.45) is 5.10. The number of hydrogen-bond donors (Lipinski definition) is 2. The van der Waals surface area contributed by atoms with E-state index in [4.69, 9.17) is 12.2 Å². The molecule has 98 valence electrons. The van der Waals surface area contributed by atoms with Crippen molar-refractivity contribution in [2.75, 3.05) is 5.32 Å². The van der Waals surface area contributed by atoms with Crippen LogP contribution in [-0.4, -0.2) is 11.2 Å². The van der Waals surface area contributed by atoms with Gasteiger partial charge in [0.05, 0.1) is 0 Å². The van der Waals surface area contributed by atoms with Gasteiger partial charge < -0.3 is 10.6 Å². The molecule has 1 aliphatic carbocycles. The Balaban J connectivity index is 1.75. The lowest BCUT2D eigenvalue weighted by Crippen LogP contribution is -2.35. The fourth-order valence-electron chi connectivity index (χ4n) is 2.75. The maximum atomic E-state index is 5.41. The van der Waals surface area contributed by atoms with Crippen molar-refractivity contribution in [1.29, 1.82) is 0 Å². The maximum absolute atomic E-state index is 5.41. The van der Waals surface area contributed by atoms with Crippen molar-refractivity contribution < 1.29 is 0 Å². The molecule has 0 saturated heterocycles. The summed E-state index contributed by atoms with van der Waals surface area (Å²) in [7, 11) is 0. The SMILES string of the molecule is S=C(Nc1cccc2ccccc12)NC1CCCC1. The molecule has 0 spiro atoms. The summed E-state index contributed by atoms with van der Waals surface area (Å²) in [4.78, 5) is 0. The topological polar surface area (TPSA) is 24.1 Å². The predicted molar refractivity (Wildman–Crippen MR) is 85.6 cm³/mol. The van der Waals surface area contributed by atoms with E-state index < -0.39 is 0 Å². The molecule has 2 aromatic rings. The predicted octanol–water partition coefficient (Wildman–Crippen LogP) is 4.07. The molecular formula is C16H18N2S. The molecule has 1 aliphatic rings. The van der Waals surface area contributed by atoms with Crippen molar-refractivity contribution in [2.24, 2.45) is 0 Å². The van der Waals surface area contributed by atoms with Crippen LogP contribution in [0.2, 0.25) is 0 Å². The summed E-state index contributed by atoms with van der Waals surface area (Å²) in [5.74, 6) is 0. The summed E-state index contributed by atoms with van der Waals surface area (Å²) in [5.41, 5.74) is 1.08. The normalized spacial score (nSPS) is 15.6. The van der Waals surface area contributed by atoms with Crippen LogP contribution in [0.4, 0.5) is 5.69 Å². The molecule has 19 heavy (non-hydrogen) atoms. The van der Waals surface area contributed by atoms with E-state index in [9.17, 15) is 0 Å². The van der Waals surface area contributed by atoms with Gasteiger partial charge >= 0.3 is 0 Å². The number of anilines is 1. The minimum atomic E-state index is 0.551. The lowest BCUT2D eigenvalue weighted by Gasteiger charge is -2.16. The van der Waals surface area contributed by atoms with Crippen LogP contribution >= 0.6 is 12.2 Å². The van der Waals surface area contributed by atoms with Gasteiger partial charge in [0, 0.05) is 17.1 Å². The van der Waals surface area contributed by atoms with E-state index >= 15 is 0 Å². The number of rotatable bonds is 2. The van der Waals surface area contributed by atoms with Crippen LogP contribution in [0.25, 0.3) is 10.8 Å². The molecule has 3 heteroatoms. The van der Waals surface area contributed by atoms with Gasteiger partial charge in [0.1, 0.15) is 0 Å². The number of benzene rings is 2. The highest BCUT2D eigenvalue weighted by atomic mass is 32.1. The Morgan fingerprint density at radius 3 is 2.58 bits per heavy atom. The van der Waals surface area contributed by atoms with Crippen molar-refractivity contribution in [3.63, 3.8) is 0 Å². The first-order chi connectivity index (χ1) is 9.33. The third-order valence-corrected chi connectivity index (χ3v) is 3.95. The Morgan fingerprint density at radius 1 is 1.00 bits per heavy atom. The molecule has 0 atom stereocenters. The van der Waals surface area contributed by atoms with E-state index in [0.29, 0.717) is 6.04 Å². The van der Waals surface area contributed by atoms with Crippen LogP contribution in [0.1, 0.15) is 25.7 Å². The first-order valence-electron chi connectivity index (χ1n) is 6.88. The van der Waals surface area contributed by atoms with Gasteiger partial charge in [0.25, 0.3) is 0 Å². The summed E-state index contributed by atoms with van der Waals surface area (Å²) in [5, 5.41) is 9.93. The van der Waals surface area contributed by atoms with E-state index in [0.717, 1.165) is 10.8 Å². The highest BCUT2D eigenvalue weighted by Crippen LogP contribution is 2.23. The second-order valence-corrected chi connectivity index (χ2v) is 5.51. The zero-order valence-corrected chi connectivity index (χ0v) is 11.7. The first-order valence-corrected chi connectivity index (χ1v) is 7.29. The van der Waals surface area contributed by atoms with Crippen molar-refractivity contribution in [3.8, 4) is 0 Å². The minimum absolute atomic E-state index is 0.551. The van der Waals surface area contributed by atoms with Gasteiger partial charge in [0.2, 0.25) is 0 Å². The van der Waals surface area contributed by atoms with Gasteiger partial charge in [-0.15, -0.1) is 0 Å². The van der Waals surface area contributed by atoms with Crippen LogP contribution in [0, 0.1) is 0 Å². The summed E-state index contributed by atoms with van der Waals surface area (Å²) in [6.45, 7) is 0. The quantitative estimate of drug-likeness (QED) is 0.804. The van der Waals surface area contributed by atoms with Gasteiger partial charge in [-0.3, -0.25) is 0 Å². The molecule has 1 saturated carbocycles. The lowest BCUT2D eigenvalue weighted by atomic mass is 10.1. The van der Waals surface area contributed by atoms with Crippen LogP contribution in [-0.2, 0) is 0 Å². The van der Waals surface area contributed by atoms with Crippen LogP contribution in [0.15, 0.2) is 42.5 Å². The standard InChI is InChI=1S/C16H18N2S/c19-16(17-13-8-2-3-9-13)18-15-11-5-7-12-6-1-4-10-14(12)15/h1,4-7,10-11,13H,2-3,8-9H2,(H2,17,18,19). The molecule has 2 aromatic carbocycles. The van der Waals surface area contributed by atoms with Crippen molar-refractivity contribution >= 4 is 33.8 Å². The monoisotopic (exact) mass is 270 g/mol. The molecule has 0 radical (unpaired) electrons. The Morgan fingerprint density at radius 2 is 1.74 bits per heavy atom. The van der Waals surface area contributed by atoms with Crippen molar-refractivity contribution in [2.45, 2.75) is 31.7 Å². The zero-order valence-electron chi connectivity index (χ0n) is 10.9. The molecule has 0 aromatic heterocycles. The number of thiocarbonyl (C=S) groups is 1. The highest BCUT2D eigenvalue weighted by Gasteiger charge is 2.15. The van der Waals surface area contributed by atoms with Gasteiger partial charge in [-0.2, -0.15) is 0 Å². The van der Waals surface area contributed by atoms with Gasteiger partial charge in [0.15, 0.2) is 5.11 Å². The zero-order chi connectivity index (χ0) is 13.1. The first kappa shape index (κ1) is 12.4. The van der Waals surface area contributed by atoms with Crippen molar-refractivity contribution in [3.05, 3.63) is 42.5 Å². The molecule has 0 unspecified atom stereocenters. The molecule has 0 aliphatic heterocycles. The highest BCUT2D eigenvalue weighted by molar-refractivity contribution is 7.80. The number of nitrogens with one attached hydrogen (secondary N) is 2. The number of fused-ring (bicyclic) bond motifs is 1. The number of hydrogen-bond acceptors (Lipinski definition) is 1. The van der Waals surface area contributed by atoms with Gasteiger partial charge in [-0.1, -0.05) is 49.2 Å². The molecule has 2 nitrogen and oxygen atoms in total. The Kier molecular flexibility index (Phi) is 3.65. The van der Waals surface area contributed by atoms with Crippen LogP contribution in [0.3, 0.4) is 0 Å². The second kappa shape index (κ2) is 5.57. The third-order valence-electron chi connectivity index (χ3n) is 3.73. The molecule has 0 heterocycles. The molecule has 3 rings (SSSR count). The van der Waals surface area contributed by atoms with E-state index in [1.807, 2.05) is 0 Å². The Hall–Kier alpha value is -1.61. The molecule has 0 bridgehead atoms. The Labute approximate surface area is 119 Å². The molecule has 2 N–H and O–H groups in total. The van der Waals surface area contributed by atoms with E-state index in [1.54, 1.807) is 0 Å². The Bertz CT molecular complexity index is 583. The summed E-state index contributed by atoms with van der Waals surface area (Å²) in [6, 6.07) is 15.2. The van der Waals surface area contributed by atoms with E-state index in [-0.39, 0.29) is 0 Å². The average Bonchev–Trinajstić information content (AvgIpc) is 2.92. The largest absolute Gasteiger partial charge is 0.360 e. The smallest absolute Gasteiger partial charge is 0.171 e. The molecule has 1 fully saturated rings. The average molecular weight is 270 g/mol. The van der Waals surface area contributed by atoms with Crippen LogP contribution in [0.5, 0.6) is 0 Å². The maximum Gasteiger partial charge on any atom is 0.171 e. The summed E-state index contributed by atoms with van der Waals surface area (Å²) >= 11 is 5.41. The third kappa shape index (κ3) is 2.87. The van der Waals surface area contributed by atoms with Crippen molar-refractivity contribution in [1.82, 2.24) is 5.32 Å².